The predicted molar refractivity (Wildman–Crippen MR) is 112 cm³/mol. The SMILES string of the molecule is CCc1c[nH]c(=O)[nH]c1=O.CCc1cnc(Cl)nc1Cl.O=c1[nH]cc(CO)c(=O)[nH]1. The van der Waals surface area contributed by atoms with Crippen LogP contribution in [0.2, 0.25) is 10.4 Å². The van der Waals surface area contributed by atoms with Gasteiger partial charge in [-0.3, -0.25) is 19.6 Å². The lowest BCUT2D eigenvalue weighted by molar-refractivity contribution is 0.279. The lowest BCUT2D eigenvalue weighted by atomic mass is 10.3. The quantitative estimate of drug-likeness (QED) is 0.280. The van der Waals surface area contributed by atoms with Crippen molar-refractivity contribution in [2.75, 3.05) is 0 Å². The number of aromatic nitrogens is 6. The first-order valence-electron chi connectivity index (χ1n) is 8.61. The molecule has 0 bridgehead atoms. The molecule has 0 amide bonds. The Kier molecular flexibility index (Phi) is 10.4. The van der Waals surface area contributed by atoms with E-state index in [1.54, 1.807) is 6.20 Å². The van der Waals surface area contributed by atoms with Crippen molar-refractivity contribution < 1.29 is 5.11 Å². The van der Waals surface area contributed by atoms with Crippen LogP contribution in [0.3, 0.4) is 0 Å². The second-order valence-corrected chi connectivity index (χ2v) is 6.21. The number of nitrogens with one attached hydrogen (secondary N) is 4. The Hall–Kier alpha value is -3.02. The van der Waals surface area contributed by atoms with E-state index >= 15 is 0 Å². The fourth-order valence-corrected chi connectivity index (χ4v) is 2.30. The van der Waals surface area contributed by atoms with E-state index in [0.717, 1.165) is 12.0 Å². The highest BCUT2D eigenvalue weighted by molar-refractivity contribution is 6.32. The van der Waals surface area contributed by atoms with Gasteiger partial charge in [-0.2, -0.15) is 0 Å². The summed E-state index contributed by atoms with van der Waals surface area (Å²) in [6.45, 7) is 3.47. The monoisotopic (exact) mass is 458 g/mol. The topological polar surface area (TPSA) is 177 Å². The van der Waals surface area contributed by atoms with Crippen LogP contribution in [0.25, 0.3) is 0 Å². The first-order chi connectivity index (χ1) is 14.2. The van der Waals surface area contributed by atoms with Gasteiger partial charge in [-0.25, -0.2) is 19.6 Å². The molecule has 0 radical (unpaired) electrons. The second kappa shape index (κ2) is 12.5. The van der Waals surface area contributed by atoms with Crippen LogP contribution in [0.5, 0.6) is 0 Å². The van der Waals surface area contributed by atoms with Crippen LogP contribution in [0.15, 0.2) is 37.8 Å². The summed E-state index contributed by atoms with van der Waals surface area (Å²) >= 11 is 11.2. The zero-order valence-corrected chi connectivity index (χ0v) is 17.6. The van der Waals surface area contributed by atoms with Crippen LogP contribution in [0.1, 0.15) is 30.5 Å². The van der Waals surface area contributed by atoms with E-state index in [1.807, 2.05) is 18.8 Å². The Bertz CT molecular complexity index is 1120. The number of aryl methyl sites for hydroxylation is 2. The highest BCUT2D eigenvalue weighted by Gasteiger charge is 1.99. The molecule has 0 aliphatic heterocycles. The minimum absolute atomic E-state index is 0.152. The third kappa shape index (κ3) is 8.15. The van der Waals surface area contributed by atoms with E-state index in [0.29, 0.717) is 17.1 Å². The minimum atomic E-state index is -0.567. The number of rotatable bonds is 3. The fraction of sp³-hybridized carbons (Fsp3) is 0.294. The van der Waals surface area contributed by atoms with Crippen LogP contribution in [0.4, 0.5) is 0 Å². The minimum Gasteiger partial charge on any atom is -0.391 e. The van der Waals surface area contributed by atoms with Gasteiger partial charge in [0, 0.05) is 29.7 Å². The normalized spacial score (nSPS) is 9.77. The van der Waals surface area contributed by atoms with Gasteiger partial charge in [0.25, 0.3) is 11.1 Å². The molecule has 13 heteroatoms. The van der Waals surface area contributed by atoms with E-state index in [2.05, 4.69) is 24.9 Å². The molecule has 0 saturated carbocycles. The number of aliphatic hydroxyl groups is 1. The van der Waals surface area contributed by atoms with Gasteiger partial charge in [-0.05, 0) is 24.4 Å². The molecule has 0 fully saturated rings. The molecule has 3 heterocycles. The number of aromatic amines is 4. The van der Waals surface area contributed by atoms with Gasteiger partial charge in [0.05, 0.1) is 12.2 Å². The molecular weight excluding hydrogens is 439 g/mol. The van der Waals surface area contributed by atoms with Gasteiger partial charge in [-0.1, -0.05) is 25.4 Å². The van der Waals surface area contributed by atoms with E-state index in [9.17, 15) is 19.2 Å². The third-order valence-corrected chi connectivity index (χ3v) is 4.02. The molecule has 3 rings (SSSR count). The maximum Gasteiger partial charge on any atom is 0.325 e. The maximum absolute atomic E-state index is 10.8. The highest BCUT2D eigenvalue weighted by Crippen LogP contribution is 2.13. The summed E-state index contributed by atoms with van der Waals surface area (Å²) < 4.78 is 0. The van der Waals surface area contributed by atoms with Crippen molar-refractivity contribution in [3.63, 3.8) is 0 Å². The van der Waals surface area contributed by atoms with Crippen molar-refractivity contribution in [3.05, 3.63) is 87.4 Å². The first-order valence-corrected chi connectivity index (χ1v) is 9.36. The largest absolute Gasteiger partial charge is 0.391 e. The van der Waals surface area contributed by atoms with E-state index in [4.69, 9.17) is 28.3 Å². The van der Waals surface area contributed by atoms with Crippen LogP contribution < -0.4 is 22.5 Å². The Morgan fingerprint density at radius 2 is 1.37 bits per heavy atom. The van der Waals surface area contributed by atoms with Crippen molar-refractivity contribution in [3.8, 4) is 0 Å². The Labute approximate surface area is 179 Å². The summed E-state index contributed by atoms with van der Waals surface area (Å²) in [7, 11) is 0. The number of halogens is 2. The number of nitrogens with zero attached hydrogens (tertiary/aromatic N) is 2. The molecule has 0 saturated heterocycles. The van der Waals surface area contributed by atoms with Crippen molar-refractivity contribution in [1.82, 2.24) is 29.9 Å². The van der Waals surface area contributed by atoms with Gasteiger partial charge in [0.2, 0.25) is 5.28 Å². The molecule has 0 atom stereocenters. The third-order valence-electron chi connectivity index (χ3n) is 3.51. The van der Waals surface area contributed by atoms with E-state index in [1.165, 1.54) is 12.4 Å². The number of aliphatic hydroxyl groups excluding tert-OH is 1. The molecule has 3 aromatic rings. The zero-order chi connectivity index (χ0) is 22.7. The summed E-state index contributed by atoms with van der Waals surface area (Å²) in [4.78, 5) is 58.5. The summed E-state index contributed by atoms with van der Waals surface area (Å²) in [5.41, 5.74) is -0.202. The van der Waals surface area contributed by atoms with Crippen molar-refractivity contribution in [1.29, 1.82) is 0 Å². The van der Waals surface area contributed by atoms with Crippen molar-refractivity contribution >= 4 is 23.2 Å². The maximum atomic E-state index is 10.8. The molecule has 0 aliphatic carbocycles. The smallest absolute Gasteiger partial charge is 0.325 e. The lowest BCUT2D eigenvalue weighted by Crippen LogP contribution is -2.24. The second-order valence-electron chi connectivity index (χ2n) is 5.51. The standard InChI is InChI=1S/C6H6Cl2N2.C6H8N2O2.C5H6N2O3/c1-2-4-3-9-6(8)10-5(4)7;1-2-4-3-7-6(10)8-5(4)9;8-2-3-1-6-5(10)7-4(3)9/h3H,2H2,1H3;3H,2H2,1H3,(H2,7,8,9,10);1,8H,2H2,(H2,6,7,9,10). The number of H-pyrrole nitrogens is 4. The average molecular weight is 459 g/mol. The molecule has 0 aliphatic rings. The molecule has 5 N–H and O–H groups in total. The predicted octanol–water partition coefficient (Wildman–Crippen LogP) is 0.527. The van der Waals surface area contributed by atoms with Crippen molar-refractivity contribution in [2.24, 2.45) is 0 Å². The molecule has 3 aromatic heterocycles. The molecule has 0 spiro atoms. The zero-order valence-electron chi connectivity index (χ0n) is 16.1. The summed E-state index contributed by atoms with van der Waals surface area (Å²) in [6.07, 6.45) is 5.71. The van der Waals surface area contributed by atoms with E-state index in [-0.39, 0.29) is 23.0 Å². The number of hydrogen-bond donors (Lipinski definition) is 5. The lowest BCUT2D eigenvalue weighted by Gasteiger charge is -1.96. The first kappa shape index (κ1) is 25.0. The summed E-state index contributed by atoms with van der Waals surface area (Å²) in [5, 5.41) is 9.11. The Balaban J connectivity index is 0.000000225. The molecule has 0 unspecified atom stereocenters. The van der Waals surface area contributed by atoms with Crippen LogP contribution in [-0.4, -0.2) is 35.0 Å². The van der Waals surface area contributed by atoms with Crippen LogP contribution in [0, 0.1) is 0 Å². The van der Waals surface area contributed by atoms with Gasteiger partial charge in [-0.15, -0.1) is 0 Å². The van der Waals surface area contributed by atoms with Crippen molar-refractivity contribution in [2.45, 2.75) is 33.3 Å². The number of hydrogen-bond acceptors (Lipinski definition) is 7. The average Bonchev–Trinajstić information content (AvgIpc) is 2.69. The van der Waals surface area contributed by atoms with Gasteiger partial charge in [0.15, 0.2) is 0 Å². The highest BCUT2D eigenvalue weighted by atomic mass is 35.5. The molecule has 0 aromatic carbocycles. The molecule has 11 nitrogen and oxygen atoms in total. The van der Waals surface area contributed by atoms with Gasteiger partial charge in [0.1, 0.15) is 5.15 Å². The van der Waals surface area contributed by atoms with Gasteiger partial charge >= 0.3 is 11.4 Å². The molecule has 162 valence electrons. The van der Waals surface area contributed by atoms with Crippen LogP contribution in [-0.2, 0) is 19.4 Å². The Morgan fingerprint density at radius 1 is 0.867 bits per heavy atom. The molecular formula is C17H20Cl2N6O5. The van der Waals surface area contributed by atoms with Crippen LogP contribution >= 0.6 is 23.2 Å². The van der Waals surface area contributed by atoms with E-state index < -0.39 is 16.9 Å². The summed E-state index contributed by atoms with van der Waals surface area (Å²) in [5.74, 6) is 0. The summed E-state index contributed by atoms with van der Waals surface area (Å²) in [6, 6.07) is 0. The fourth-order valence-electron chi connectivity index (χ4n) is 1.86. The van der Waals surface area contributed by atoms with Gasteiger partial charge < -0.3 is 15.1 Å². The Morgan fingerprint density at radius 3 is 1.77 bits per heavy atom. The molecule has 30 heavy (non-hydrogen) atoms.